The number of fused-ring (bicyclic) bond motifs is 1. The van der Waals surface area contributed by atoms with Crippen molar-refractivity contribution in [2.75, 3.05) is 6.61 Å². The highest BCUT2D eigenvalue weighted by atomic mass is 16.8. The fourth-order valence-electron chi connectivity index (χ4n) is 2.78. The average Bonchev–Trinajstić information content (AvgIpc) is 2.99. The van der Waals surface area contributed by atoms with Crippen LogP contribution in [0.5, 0.6) is 0 Å². The maximum absolute atomic E-state index is 11.6. The van der Waals surface area contributed by atoms with Crippen LogP contribution >= 0.6 is 0 Å². The fourth-order valence-corrected chi connectivity index (χ4v) is 2.78. The first-order valence-corrected chi connectivity index (χ1v) is 6.45. The lowest BCUT2D eigenvalue weighted by Crippen LogP contribution is -2.27. The van der Waals surface area contributed by atoms with Crippen LogP contribution in [0.15, 0.2) is 0 Å². The molecular weight excluding hydrogens is 280 g/mol. The van der Waals surface area contributed by atoms with Crippen LogP contribution < -0.4 is 11.5 Å². The van der Waals surface area contributed by atoms with Gasteiger partial charge in [-0.15, -0.1) is 0 Å². The predicted octanol–water partition coefficient (Wildman–Crippen LogP) is -0.801. The van der Waals surface area contributed by atoms with Crippen molar-refractivity contribution < 1.29 is 23.8 Å². The lowest BCUT2D eigenvalue weighted by Gasteiger charge is -2.21. The van der Waals surface area contributed by atoms with Gasteiger partial charge in [-0.25, -0.2) is 0 Å². The van der Waals surface area contributed by atoms with Gasteiger partial charge in [-0.1, -0.05) is 0 Å². The summed E-state index contributed by atoms with van der Waals surface area (Å²) in [6, 6.07) is 0. The van der Waals surface area contributed by atoms with E-state index in [9.17, 15) is 9.59 Å². The van der Waals surface area contributed by atoms with Crippen molar-refractivity contribution in [2.45, 2.75) is 37.9 Å². The van der Waals surface area contributed by atoms with Gasteiger partial charge in [0.1, 0.15) is 18.3 Å². The summed E-state index contributed by atoms with van der Waals surface area (Å²) in [5.41, 5.74) is 10.5. The zero-order chi connectivity index (χ0) is 15.4. The minimum absolute atomic E-state index is 0.0681. The van der Waals surface area contributed by atoms with E-state index < -0.39 is 29.8 Å². The summed E-state index contributed by atoms with van der Waals surface area (Å²) in [6.07, 6.45) is -1.30. The van der Waals surface area contributed by atoms with Crippen molar-refractivity contribution >= 4 is 11.8 Å². The summed E-state index contributed by atoms with van der Waals surface area (Å²) in [4.78, 5) is 22.9. The maximum Gasteiger partial charge on any atom is 0.270 e. The monoisotopic (exact) mass is 296 g/mol. The molecule has 0 spiro atoms. The molecule has 0 saturated carbocycles. The van der Waals surface area contributed by atoms with Crippen LogP contribution in [0, 0.1) is 0 Å². The summed E-state index contributed by atoms with van der Waals surface area (Å²) in [5.74, 6) is -2.39. The van der Waals surface area contributed by atoms with Gasteiger partial charge < -0.3 is 25.7 Å². The molecule has 2 fully saturated rings. The van der Waals surface area contributed by atoms with Gasteiger partial charge in [-0.2, -0.15) is 5.10 Å². The molecular formula is C12H16N4O5. The Hall–Kier alpha value is -1.97. The van der Waals surface area contributed by atoms with E-state index in [2.05, 4.69) is 10.2 Å². The number of aromatic nitrogens is 2. The third-order valence-corrected chi connectivity index (χ3v) is 3.52. The molecule has 2 aliphatic heterocycles. The Morgan fingerprint density at radius 2 is 2.00 bits per heavy atom. The van der Waals surface area contributed by atoms with Gasteiger partial charge in [0.25, 0.3) is 11.8 Å². The number of H-pyrrole nitrogens is 1. The van der Waals surface area contributed by atoms with Gasteiger partial charge in [-0.05, 0) is 13.8 Å². The molecule has 2 aliphatic rings. The van der Waals surface area contributed by atoms with Crippen LogP contribution in [0.25, 0.3) is 0 Å². The van der Waals surface area contributed by atoms with E-state index >= 15 is 0 Å². The lowest BCUT2D eigenvalue weighted by atomic mass is 10.0. The topological polar surface area (TPSA) is 143 Å². The summed E-state index contributed by atoms with van der Waals surface area (Å²) in [6.45, 7) is 3.89. The number of aromatic amines is 1. The minimum atomic E-state index is -0.843. The number of primary amides is 2. The molecule has 9 nitrogen and oxygen atoms in total. The van der Waals surface area contributed by atoms with Crippen molar-refractivity contribution in [3.05, 3.63) is 17.0 Å². The third-order valence-electron chi connectivity index (χ3n) is 3.52. The van der Waals surface area contributed by atoms with Crippen LogP contribution in [0.4, 0.5) is 0 Å². The van der Waals surface area contributed by atoms with Gasteiger partial charge in [0, 0.05) is 0 Å². The first-order valence-electron chi connectivity index (χ1n) is 6.45. The van der Waals surface area contributed by atoms with Gasteiger partial charge in [-0.3, -0.25) is 14.7 Å². The first-order chi connectivity index (χ1) is 9.80. The number of hydrogen-bond donors (Lipinski definition) is 3. The van der Waals surface area contributed by atoms with Crippen LogP contribution in [0.3, 0.4) is 0 Å². The highest BCUT2D eigenvalue weighted by Crippen LogP contribution is 2.42. The number of nitrogens with two attached hydrogens (primary N) is 2. The lowest BCUT2D eigenvalue weighted by molar-refractivity contribution is -0.176. The number of hydrogen-bond acceptors (Lipinski definition) is 6. The van der Waals surface area contributed by atoms with Crippen molar-refractivity contribution in [2.24, 2.45) is 11.5 Å². The number of ether oxygens (including phenoxy) is 3. The normalized spacial score (nSPS) is 30.3. The molecule has 0 unspecified atom stereocenters. The second-order valence-electron chi connectivity index (χ2n) is 5.48. The predicted molar refractivity (Wildman–Crippen MR) is 68.1 cm³/mol. The molecule has 0 aliphatic carbocycles. The zero-order valence-corrected chi connectivity index (χ0v) is 11.6. The van der Waals surface area contributed by atoms with E-state index in [1.807, 2.05) is 0 Å². The Kier molecular flexibility index (Phi) is 3.01. The molecule has 0 aromatic carbocycles. The third kappa shape index (κ3) is 2.19. The molecule has 2 saturated heterocycles. The van der Waals surface area contributed by atoms with Crippen LogP contribution in [-0.4, -0.2) is 46.6 Å². The van der Waals surface area contributed by atoms with Crippen molar-refractivity contribution in [3.8, 4) is 0 Å². The van der Waals surface area contributed by atoms with E-state index in [1.54, 1.807) is 13.8 Å². The van der Waals surface area contributed by atoms with Crippen LogP contribution in [0.2, 0.25) is 0 Å². The van der Waals surface area contributed by atoms with Crippen molar-refractivity contribution in [3.63, 3.8) is 0 Å². The van der Waals surface area contributed by atoms with Crippen molar-refractivity contribution in [1.82, 2.24) is 10.2 Å². The number of rotatable bonds is 3. The summed E-state index contributed by atoms with van der Waals surface area (Å²) in [7, 11) is 0. The Morgan fingerprint density at radius 1 is 1.29 bits per heavy atom. The molecule has 3 heterocycles. The summed E-state index contributed by atoms with van der Waals surface area (Å²) in [5, 5.41) is 6.36. The van der Waals surface area contributed by atoms with E-state index in [-0.39, 0.29) is 23.1 Å². The largest absolute Gasteiger partial charge is 0.366 e. The van der Waals surface area contributed by atoms with Crippen molar-refractivity contribution in [1.29, 1.82) is 0 Å². The number of carbonyl (C=O) groups excluding carboxylic acids is 2. The molecule has 114 valence electrons. The summed E-state index contributed by atoms with van der Waals surface area (Å²) < 4.78 is 17.1. The minimum Gasteiger partial charge on any atom is -0.366 e. The molecule has 21 heavy (non-hydrogen) atoms. The second kappa shape index (κ2) is 4.52. The van der Waals surface area contributed by atoms with E-state index in [0.29, 0.717) is 6.61 Å². The molecule has 2 amide bonds. The fraction of sp³-hybridized carbons (Fsp3) is 0.583. The van der Waals surface area contributed by atoms with Crippen LogP contribution in [-0.2, 0) is 14.2 Å². The quantitative estimate of drug-likeness (QED) is 0.666. The smallest absolute Gasteiger partial charge is 0.270 e. The van der Waals surface area contributed by atoms with Crippen LogP contribution in [0.1, 0.15) is 46.5 Å². The molecule has 3 atom stereocenters. The van der Waals surface area contributed by atoms with Gasteiger partial charge in [0.15, 0.2) is 11.5 Å². The van der Waals surface area contributed by atoms with E-state index in [0.717, 1.165) is 0 Å². The standard InChI is InChI=1S/C12H16N4O5/c1-12(2)20-4-3-19-9(8(4)21-12)6-5(10(13)17)7(11(14)18)16-15-6/h4,8-9H,3H2,1-2H3,(H2,13,17)(H2,14,18)(H,15,16)/t4-,8+,9+/m0/s1. The molecule has 3 rings (SSSR count). The number of carbonyl (C=O) groups is 2. The number of nitrogens with one attached hydrogen (secondary N) is 1. The SMILES string of the molecule is CC1(C)O[C@@H]2[C@H](CO[C@@H]2c2[nH]nc(C(N)=O)c2C(N)=O)O1. The Morgan fingerprint density at radius 3 is 2.62 bits per heavy atom. The first kappa shape index (κ1) is 14.0. The van der Waals surface area contributed by atoms with Gasteiger partial charge in [0.05, 0.1) is 17.9 Å². The molecule has 5 N–H and O–H groups in total. The number of nitrogens with zero attached hydrogens (tertiary/aromatic N) is 1. The van der Waals surface area contributed by atoms with E-state index in [1.165, 1.54) is 0 Å². The van der Waals surface area contributed by atoms with Gasteiger partial charge >= 0.3 is 0 Å². The molecule has 0 bridgehead atoms. The van der Waals surface area contributed by atoms with E-state index in [4.69, 9.17) is 25.7 Å². The molecule has 1 aromatic rings. The molecule has 9 heteroatoms. The Labute approximate surface area is 119 Å². The highest BCUT2D eigenvalue weighted by Gasteiger charge is 2.52. The number of amides is 2. The maximum atomic E-state index is 11.6. The molecule has 0 radical (unpaired) electrons. The van der Waals surface area contributed by atoms with Gasteiger partial charge in [0.2, 0.25) is 0 Å². The zero-order valence-electron chi connectivity index (χ0n) is 11.6. The summed E-state index contributed by atoms with van der Waals surface area (Å²) >= 11 is 0. The second-order valence-corrected chi connectivity index (χ2v) is 5.48. The average molecular weight is 296 g/mol. The molecule has 1 aromatic heterocycles. The Balaban J connectivity index is 1.98. The highest BCUT2D eigenvalue weighted by molar-refractivity contribution is 6.05. The Bertz CT molecular complexity index is 611.